The van der Waals surface area contributed by atoms with E-state index >= 15 is 0 Å². The van der Waals surface area contributed by atoms with Crippen LogP contribution in [0.3, 0.4) is 0 Å². The largest absolute Gasteiger partial charge is 0.327 e. The number of aromatic amines is 2. The highest BCUT2D eigenvalue weighted by Crippen LogP contribution is 2.20. The van der Waals surface area contributed by atoms with Crippen molar-refractivity contribution in [2.75, 3.05) is 0 Å². The van der Waals surface area contributed by atoms with Gasteiger partial charge in [-0.05, 0) is 12.2 Å². The fourth-order valence-corrected chi connectivity index (χ4v) is 1.90. The minimum Gasteiger partial charge on any atom is -0.291 e. The van der Waals surface area contributed by atoms with E-state index < -0.39 is 22.8 Å². The van der Waals surface area contributed by atoms with Crippen LogP contribution in [0.15, 0.2) is 27.9 Å². The predicted octanol–water partition coefficient (Wildman–Crippen LogP) is -0.453. The number of fused-ring (bicyclic) bond motifs is 3. The molecule has 0 bridgehead atoms. The molecule has 0 fully saturated rings. The number of rotatable bonds is 0. The first-order valence-corrected chi connectivity index (χ1v) is 5.00. The molecule has 0 aliphatic heterocycles. The van der Waals surface area contributed by atoms with Crippen molar-refractivity contribution in [3.05, 3.63) is 50.3 Å². The summed E-state index contributed by atoms with van der Waals surface area (Å²) in [6.45, 7) is 0. The summed E-state index contributed by atoms with van der Waals surface area (Å²) >= 11 is 0. The molecule has 7 nitrogen and oxygen atoms in total. The van der Waals surface area contributed by atoms with Crippen molar-refractivity contribution in [3.63, 3.8) is 0 Å². The number of nitrogens with one attached hydrogen (secondary N) is 2. The van der Waals surface area contributed by atoms with Crippen molar-refractivity contribution < 1.29 is 9.59 Å². The molecule has 0 atom stereocenters. The van der Waals surface area contributed by atoms with Gasteiger partial charge in [0.1, 0.15) is 5.65 Å². The third-order valence-electron chi connectivity index (χ3n) is 2.66. The van der Waals surface area contributed by atoms with E-state index in [1.54, 1.807) is 0 Å². The van der Waals surface area contributed by atoms with E-state index in [1.807, 2.05) is 4.98 Å². The molecule has 3 rings (SSSR count). The first-order chi connectivity index (χ1) is 8.58. The van der Waals surface area contributed by atoms with E-state index in [4.69, 9.17) is 0 Å². The van der Waals surface area contributed by atoms with Crippen molar-refractivity contribution in [1.82, 2.24) is 15.0 Å². The molecule has 2 aromatic heterocycles. The van der Waals surface area contributed by atoms with Gasteiger partial charge in [0, 0.05) is 6.20 Å². The van der Waals surface area contributed by atoms with Crippen LogP contribution in [-0.4, -0.2) is 26.5 Å². The van der Waals surface area contributed by atoms with Crippen LogP contribution in [0.4, 0.5) is 0 Å². The standard InChI is InChI=1S/C11H5N3O4/c15-5-1-2-6(16)7-4(5)3-12-9-8(7)10(17)14-11(18)13-9/h1-3H,(H2,12,13,14,17,18). The van der Waals surface area contributed by atoms with Crippen molar-refractivity contribution in [2.45, 2.75) is 0 Å². The first kappa shape index (κ1) is 10.3. The molecule has 0 saturated carbocycles. The predicted molar refractivity (Wildman–Crippen MR) is 60.8 cm³/mol. The molecule has 18 heavy (non-hydrogen) atoms. The molecule has 2 heterocycles. The Balaban J connectivity index is 2.59. The Bertz CT molecular complexity index is 857. The van der Waals surface area contributed by atoms with Gasteiger partial charge in [0.15, 0.2) is 11.6 Å². The molecule has 1 aliphatic rings. The fourth-order valence-electron chi connectivity index (χ4n) is 1.90. The second kappa shape index (κ2) is 3.33. The zero-order valence-corrected chi connectivity index (χ0v) is 8.81. The number of aromatic nitrogens is 3. The summed E-state index contributed by atoms with van der Waals surface area (Å²) in [5, 5.41) is -0.0743. The minimum absolute atomic E-state index is 0.0149. The number of nitrogens with zero attached hydrogens (tertiary/aromatic N) is 1. The Kier molecular flexibility index (Phi) is 1.91. The van der Waals surface area contributed by atoms with Gasteiger partial charge >= 0.3 is 5.69 Å². The van der Waals surface area contributed by atoms with Crippen molar-refractivity contribution in [3.8, 4) is 0 Å². The number of hydrogen-bond donors (Lipinski definition) is 2. The number of ketones is 2. The highest BCUT2D eigenvalue weighted by atomic mass is 16.2. The van der Waals surface area contributed by atoms with Crippen molar-refractivity contribution in [2.24, 2.45) is 0 Å². The highest BCUT2D eigenvalue weighted by molar-refractivity contribution is 6.26. The van der Waals surface area contributed by atoms with Crippen LogP contribution in [0.1, 0.15) is 20.7 Å². The maximum Gasteiger partial charge on any atom is 0.327 e. The Labute approximate surface area is 98.2 Å². The summed E-state index contributed by atoms with van der Waals surface area (Å²) < 4.78 is 0. The number of pyridine rings is 1. The molecule has 7 heteroatoms. The molecule has 0 aromatic carbocycles. The molecule has 0 radical (unpaired) electrons. The van der Waals surface area contributed by atoms with E-state index in [-0.39, 0.29) is 22.2 Å². The molecule has 0 spiro atoms. The van der Waals surface area contributed by atoms with Gasteiger partial charge in [-0.15, -0.1) is 0 Å². The lowest BCUT2D eigenvalue weighted by atomic mass is 9.94. The van der Waals surface area contributed by atoms with Crippen LogP contribution in [0.25, 0.3) is 11.0 Å². The van der Waals surface area contributed by atoms with Crippen LogP contribution < -0.4 is 11.2 Å². The van der Waals surface area contributed by atoms with Crippen molar-refractivity contribution >= 4 is 22.6 Å². The Morgan fingerprint density at radius 2 is 1.67 bits per heavy atom. The molecule has 1 aliphatic carbocycles. The Morgan fingerprint density at radius 1 is 0.944 bits per heavy atom. The lowest BCUT2D eigenvalue weighted by Crippen LogP contribution is -2.26. The van der Waals surface area contributed by atoms with Gasteiger partial charge in [-0.3, -0.25) is 24.4 Å². The zero-order chi connectivity index (χ0) is 12.9. The number of carbonyl (C=O) groups is 2. The van der Waals surface area contributed by atoms with Gasteiger partial charge in [0.25, 0.3) is 5.56 Å². The first-order valence-electron chi connectivity index (χ1n) is 5.00. The highest BCUT2D eigenvalue weighted by Gasteiger charge is 2.24. The summed E-state index contributed by atoms with van der Waals surface area (Å²) in [6, 6.07) is 0. The molecule has 0 unspecified atom stereocenters. The van der Waals surface area contributed by atoms with E-state index in [0.717, 1.165) is 12.2 Å². The maximum absolute atomic E-state index is 11.8. The minimum atomic E-state index is -0.741. The van der Waals surface area contributed by atoms with Crippen LogP contribution in [0, 0.1) is 0 Å². The van der Waals surface area contributed by atoms with Gasteiger partial charge in [-0.25, -0.2) is 9.78 Å². The fraction of sp³-hybridized carbons (Fsp3) is 0. The number of allylic oxidation sites excluding steroid dienone is 2. The molecule has 0 amide bonds. The second-order valence-electron chi connectivity index (χ2n) is 3.74. The van der Waals surface area contributed by atoms with E-state index in [1.165, 1.54) is 6.20 Å². The average molecular weight is 243 g/mol. The Hall–Kier alpha value is -2.83. The summed E-state index contributed by atoms with van der Waals surface area (Å²) in [6.07, 6.45) is 3.39. The van der Waals surface area contributed by atoms with Gasteiger partial charge in [0.05, 0.1) is 16.5 Å². The summed E-state index contributed by atoms with van der Waals surface area (Å²) in [5.41, 5.74) is -1.43. The average Bonchev–Trinajstić information content (AvgIpc) is 2.32. The summed E-state index contributed by atoms with van der Waals surface area (Å²) in [4.78, 5) is 54.3. The van der Waals surface area contributed by atoms with Gasteiger partial charge < -0.3 is 0 Å². The van der Waals surface area contributed by atoms with Gasteiger partial charge in [-0.1, -0.05) is 0 Å². The second-order valence-corrected chi connectivity index (χ2v) is 3.74. The molecule has 2 aromatic rings. The SMILES string of the molecule is O=C1C=CC(=O)c2c1cnc1[nH]c(=O)[nH]c(=O)c21. The molecular formula is C11H5N3O4. The lowest BCUT2D eigenvalue weighted by Gasteiger charge is -2.09. The Morgan fingerprint density at radius 3 is 2.44 bits per heavy atom. The molecule has 88 valence electrons. The molecular weight excluding hydrogens is 238 g/mol. The number of carbonyl (C=O) groups excluding carboxylic acids is 2. The van der Waals surface area contributed by atoms with Crippen molar-refractivity contribution in [1.29, 1.82) is 0 Å². The molecule has 2 N–H and O–H groups in total. The van der Waals surface area contributed by atoms with Crippen LogP contribution in [0.2, 0.25) is 0 Å². The third kappa shape index (κ3) is 1.27. The summed E-state index contributed by atoms with van der Waals surface area (Å²) in [7, 11) is 0. The van der Waals surface area contributed by atoms with Crippen LogP contribution >= 0.6 is 0 Å². The van der Waals surface area contributed by atoms with E-state index in [9.17, 15) is 19.2 Å². The van der Waals surface area contributed by atoms with Crippen LogP contribution in [0.5, 0.6) is 0 Å². The number of hydrogen-bond acceptors (Lipinski definition) is 5. The monoisotopic (exact) mass is 243 g/mol. The maximum atomic E-state index is 11.8. The smallest absolute Gasteiger partial charge is 0.291 e. The topological polar surface area (TPSA) is 113 Å². The van der Waals surface area contributed by atoms with Crippen LogP contribution in [-0.2, 0) is 0 Å². The normalized spacial score (nSPS) is 14.0. The van der Waals surface area contributed by atoms with Gasteiger partial charge in [-0.2, -0.15) is 0 Å². The third-order valence-corrected chi connectivity index (χ3v) is 2.66. The zero-order valence-electron chi connectivity index (χ0n) is 8.81. The molecule has 0 saturated heterocycles. The number of H-pyrrole nitrogens is 2. The van der Waals surface area contributed by atoms with Gasteiger partial charge in [0.2, 0.25) is 0 Å². The summed E-state index contributed by atoms with van der Waals surface area (Å²) in [5.74, 6) is -0.862. The lowest BCUT2D eigenvalue weighted by molar-refractivity contribution is 0.0995. The quantitative estimate of drug-likeness (QED) is 0.650. The van der Waals surface area contributed by atoms with E-state index in [0.29, 0.717) is 0 Å². The van der Waals surface area contributed by atoms with E-state index in [2.05, 4.69) is 9.97 Å².